The van der Waals surface area contributed by atoms with Crippen molar-refractivity contribution in [2.75, 3.05) is 7.11 Å². The van der Waals surface area contributed by atoms with E-state index in [4.69, 9.17) is 4.74 Å². The Bertz CT molecular complexity index is 211. The summed E-state index contributed by atoms with van der Waals surface area (Å²) < 4.78 is 5.03. The number of benzene rings is 1. The van der Waals surface area contributed by atoms with Crippen LogP contribution in [-0.2, 0) is 0 Å². The first-order chi connectivity index (χ1) is 5.24. The Labute approximate surface area is 68.0 Å². The summed E-state index contributed by atoms with van der Waals surface area (Å²) in [4.78, 5) is 0. The van der Waals surface area contributed by atoms with Gasteiger partial charge in [-0.05, 0) is 24.6 Å². The molecule has 1 rings (SSSR count). The molecule has 1 aromatic carbocycles. The third-order valence-corrected chi connectivity index (χ3v) is 1.68. The highest BCUT2D eigenvalue weighted by Crippen LogP contribution is 2.17. The van der Waals surface area contributed by atoms with Gasteiger partial charge in [-0.3, -0.25) is 0 Å². The molecule has 0 bridgehead atoms. The van der Waals surface area contributed by atoms with Gasteiger partial charge < -0.3 is 4.74 Å². The summed E-state index contributed by atoms with van der Waals surface area (Å²) in [6, 6.07) is 7.99. The van der Waals surface area contributed by atoms with Crippen molar-refractivity contribution in [2.45, 2.75) is 12.8 Å². The van der Waals surface area contributed by atoms with Crippen LogP contribution in [0.25, 0.3) is 0 Å². The van der Waals surface area contributed by atoms with E-state index in [9.17, 15) is 0 Å². The molecular weight excluding hydrogens is 136 g/mol. The van der Waals surface area contributed by atoms with Crippen molar-refractivity contribution in [3.8, 4) is 5.75 Å². The van der Waals surface area contributed by atoms with Crippen molar-refractivity contribution in [3.05, 3.63) is 36.8 Å². The van der Waals surface area contributed by atoms with Crippen LogP contribution < -0.4 is 4.74 Å². The average molecular weight is 149 g/mol. The maximum Gasteiger partial charge on any atom is 0.118 e. The Hall–Kier alpha value is -1.11. The molecular formula is C10H13O+. The first kappa shape index (κ1) is 7.99. The van der Waals surface area contributed by atoms with Gasteiger partial charge >= 0.3 is 0 Å². The van der Waals surface area contributed by atoms with Crippen LogP contribution in [-0.4, -0.2) is 7.11 Å². The molecule has 0 aliphatic rings. The molecule has 0 spiro atoms. The fraction of sp³-hybridized carbons (Fsp3) is 0.300. The second kappa shape index (κ2) is 3.33. The van der Waals surface area contributed by atoms with Crippen molar-refractivity contribution in [2.24, 2.45) is 0 Å². The predicted octanol–water partition coefficient (Wildman–Crippen LogP) is 2.63. The highest BCUT2D eigenvalue weighted by molar-refractivity contribution is 5.29. The molecule has 1 nitrogen and oxygen atoms in total. The van der Waals surface area contributed by atoms with Gasteiger partial charge in [0.1, 0.15) is 11.7 Å². The Balaban J connectivity index is 2.83. The molecule has 0 N–H and O–H groups in total. The SMILES string of the molecule is [CH2+]C(C)c1ccc(OC)cc1. The minimum absolute atomic E-state index is 0.348. The molecule has 1 heteroatoms. The number of hydrogen-bond acceptors (Lipinski definition) is 1. The topological polar surface area (TPSA) is 9.23 Å². The van der Waals surface area contributed by atoms with Crippen LogP contribution in [0.3, 0.4) is 0 Å². The van der Waals surface area contributed by atoms with Crippen molar-refractivity contribution in [3.63, 3.8) is 0 Å². The lowest BCUT2D eigenvalue weighted by atomic mass is 10.0. The summed E-state index contributed by atoms with van der Waals surface area (Å²) in [5.74, 6) is 1.25. The third kappa shape index (κ3) is 1.90. The zero-order valence-electron chi connectivity index (χ0n) is 7.00. The molecule has 0 aliphatic carbocycles. The lowest BCUT2D eigenvalue weighted by Crippen LogP contribution is -1.87. The van der Waals surface area contributed by atoms with E-state index >= 15 is 0 Å². The largest absolute Gasteiger partial charge is 0.497 e. The van der Waals surface area contributed by atoms with E-state index in [0.29, 0.717) is 5.92 Å². The lowest BCUT2D eigenvalue weighted by molar-refractivity contribution is 0.414. The molecule has 0 amide bonds. The molecule has 0 aromatic heterocycles. The van der Waals surface area contributed by atoms with Crippen molar-refractivity contribution < 1.29 is 4.74 Å². The molecule has 0 fully saturated rings. The Morgan fingerprint density at radius 1 is 1.27 bits per heavy atom. The highest BCUT2D eigenvalue weighted by atomic mass is 16.5. The zero-order chi connectivity index (χ0) is 8.27. The first-order valence-electron chi connectivity index (χ1n) is 3.71. The summed E-state index contributed by atoms with van der Waals surface area (Å²) >= 11 is 0. The second-order valence-electron chi connectivity index (χ2n) is 2.67. The minimum Gasteiger partial charge on any atom is -0.497 e. The van der Waals surface area contributed by atoms with Crippen molar-refractivity contribution in [1.82, 2.24) is 0 Å². The van der Waals surface area contributed by atoms with E-state index in [1.165, 1.54) is 5.56 Å². The molecule has 1 atom stereocenters. The Kier molecular flexibility index (Phi) is 2.42. The Morgan fingerprint density at radius 3 is 2.18 bits per heavy atom. The lowest BCUT2D eigenvalue weighted by Gasteiger charge is -2.01. The van der Waals surface area contributed by atoms with E-state index in [0.717, 1.165) is 5.75 Å². The van der Waals surface area contributed by atoms with Gasteiger partial charge in [0, 0.05) is 0 Å². The van der Waals surface area contributed by atoms with Gasteiger partial charge in [0.05, 0.1) is 14.0 Å². The summed E-state index contributed by atoms with van der Waals surface area (Å²) in [5.41, 5.74) is 1.24. The van der Waals surface area contributed by atoms with E-state index in [1.54, 1.807) is 7.11 Å². The van der Waals surface area contributed by atoms with Crippen LogP contribution in [0.4, 0.5) is 0 Å². The molecule has 1 aromatic rings. The molecule has 0 radical (unpaired) electrons. The molecule has 0 aliphatic heterocycles. The van der Waals surface area contributed by atoms with Gasteiger partial charge in [0.15, 0.2) is 0 Å². The van der Waals surface area contributed by atoms with E-state index in [-0.39, 0.29) is 0 Å². The van der Waals surface area contributed by atoms with Crippen LogP contribution in [0.5, 0.6) is 5.75 Å². The van der Waals surface area contributed by atoms with E-state index < -0.39 is 0 Å². The highest BCUT2D eigenvalue weighted by Gasteiger charge is 2.03. The monoisotopic (exact) mass is 149 g/mol. The first-order valence-corrected chi connectivity index (χ1v) is 3.71. The van der Waals surface area contributed by atoms with Crippen LogP contribution in [0.1, 0.15) is 18.4 Å². The molecule has 0 saturated heterocycles. The van der Waals surface area contributed by atoms with Gasteiger partial charge in [-0.15, -0.1) is 0 Å². The van der Waals surface area contributed by atoms with Gasteiger partial charge in [0.25, 0.3) is 0 Å². The number of methoxy groups -OCH3 is 1. The molecule has 58 valence electrons. The van der Waals surface area contributed by atoms with Gasteiger partial charge in [-0.2, -0.15) is 0 Å². The smallest absolute Gasteiger partial charge is 0.118 e. The maximum atomic E-state index is 5.03. The van der Waals surface area contributed by atoms with Gasteiger partial charge in [-0.1, -0.05) is 12.1 Å². The summed E-state index contributed by atoms with van der Waals surface area (Å²) in [5, 5.41) is 0. The van der Waals surface area contributed by atoms with Crippen LogP contribution in [0.15, 0.2) is 24.3 Å². The van der Waals surface area contributed by atoms with Crippen molar-refractivity contribution >= 4 is 0 Å². The Morgan fingerprint density at radius 2 is 1.82 bits per heavy atom. The molecule has 1 unspecified atom stereocenters. The summed E-state index contributed by atoms with van der Waals surface area (Å²) in [7, 11) is 1.67. The number of ether oxygens (including phenoxy) is 1. The number of rotatable bonds is 2. The van der Waals surface area contributed by atoms with E-state index in [2.05, 4.69) is 13.8 Å². The van der Waals surface area contributed by atoms with Crippen LogP contribution in [0.2, 0.25) is 0 Å². The van der Waals surface area contributed by atoms with E-state index in [1.807, 2.05) is 24.3 Å². The standard InChI is InChI=1S/C10H13O/c1-8(2)9-4-6-10(11-3)7-5-9/h4-8H,1H2,2-3H3/q+1. The fourth-order valence-corrected chi connectivity index (χ4v) is 0.932. The molecule has 11 heavy (non-hydrogen) atoms. The fourth-order valence-electron chi connectivity index (χ4n) is 0.932. The maximum absolute atomic E-state index is 5.03. The second-order valence-corrected chi connectivity index (χ2v) is 2.67. The number of hydrogen-bond donors (Lipinski definition) is 0. The normalized spacial score (nSPS) is 12.5. The van der Waals surface area contributed by atoms with Crippen LogP contribution >= 0.6 is 0 Å². The third-order valence-electron chi connectivity index (χ3n) is 1.68. The minimum atomic E-state index is 0.348. The zero-order valence-corrected chi connectivity index (χ0v) is 7.00. The predicted molar refractivity (Wildman–Crippen MR) is 46.8 cm³/mol. The van der Waals surface area contributed by atoms with Crippen molar-refractivity contribution in [1.29, 1.82) is 0 Å². The summed E-state index contributed by atoms with van der Waals surface area (Å²) in [6.45, 7) is 5.99. The van der Waals surface area contributed by atoms with Crippen LogP contribution in [0, 0.1) is 6.92 Å². The van der Waals surface area contributed by atoms with Gasteiger partial charge in [0.2, 0.25) is 0 Å². The van der Waals surface area contributed by atoms with Gasteiger partial charge in [-0.25, -0.2) is 0 Å². The molecule has 0 saturated carbocycles. The molecule has 0 heterocycles. The quantitative estimate of drug-likeness (QED) is 0.587. The average Bonchev–Trinajstić information content (AvgIpc) is 2.05. The summed E-state index contributed by atoms with van der Waals surface area (Å²) in [6.07, 6.45) is 0.